The summed E-state index contributed by atoms with van der Waals surface area (Å²) < 4.78 is 5.42. The number of fused-ring (bicyclic) bond motifs is 1. The molecule has 3 nitrogen and oxygen atoms in total. The monoisotopic (exact) mass is 281 g/mol. The number of hydrogen-bond donors (Lipinski definition) is 0. The minimum Gasteiger partial charge on any atom is -0.443 e. The molecule has 2 rings (SSSR count). The minimum absolute atomic E-state index is 0.267. The van der Waals surface area contributed by atoms with E-state index < -0.39 is 5.60 Å². The molecular weight excluding hydrogens is 262 g/mol. The summed E-state index contributed by atoms with van der Waals surface area (Å²) >= 11 is 5.75. The Morgan fingerprint density at radius 3 is 2.79 bits per heavy atom. The van der Waals surface area contributed by atoms with Gasteiger partial charge in [-0.15, -0.1) is 11.6 Å². The summed E-state index contributed by atoms with van der Waals surface area (Å²) in [4.78, 5) is 13.8. The van der Waals surface area contributed by atoms with Gasteiger partial charge in [0.15, 0.2) is 0 Å². The van der Waals surface area contributed by atoms with E-state index in [1.54, 1.807) is 4.90 Å². The maximum absolute atomic E-state index is 12.1. The Morgan fingerprint density at radius 1 is 1.42 bits per heavy atom. The van der Waals surface area contributed by atoms with Gasteiger partial charge in [-0.1, -0.05) is 12.1 Å². The molecule has 1 aliphatic heterocycles. The Kier molecular flexibility index (Phi) is 4.04. The molecule has 0 fully saturated rings. The van der Waals surface area contributed by atoms with Crippen LogP contribution in [0.2, 0.25) is 0 Å². The van der Waals surface area contributed by atoms with Gasteiger partial charge in [-0.2, -0.15) is 0 Å². The number of carbonyl (C=O) groups excluding carboxylic acids is 1. The molecule has 1 aromatic rings. The van der Waals surface area contributed by atoms with Crippen LogP contribution in [-0.2, 0) is 17.6 Å². The molecule has 1 aromatic carbocycles. The summed E-state index contributed by atoms with van der Waals surface area (Å²) in [6.45, 7) is 6.33. The van der Waals surface area contributed by atoms with Crippen molar-refractivity contribution in [2.24, 2.45) is 0 Å². The Labute approximate surface area is 119 Å². The summed E-state index contributed by atoms with van der Waals surface area (Å²) in [5, 5.41) is 0. The van der Waals surface area contributed by atoms with Gasteiger partial charge in [0.1, 0.15) is 5.60 Å². The average Bonchev–Trinajstić information content (AvgIpc) is 2.70. The topological polar surface area (TPSA) is 29.5 Å². The summed E-state index contributed by atoms with van der Waals surface area (Å²) in [7, 11) is 0. The number of aryl methyl sites for hydroxylation is 1. The lowest BCUT2D eigenvalue weighted by Crippen LogP contribution is -2.35. The van der Waals surface area contributed by atoms with Crippen molar-refractivity contribution < 1.29 is 9.53 Å². The zero-order chi connectivity index (χ0) is 14.0. The van der Waals surface area contributed by atoms with Crippen LogP contribution in [0.5, 0.6) is 0 Å². The van der Waals surface area contributed by atoms with E-state index in [9.17, 15) is 4.79 Å². The molecule has 4 heteroatoms. The lowest BCUT2D eigenvalue weighted by molar-refractivity contribution is 0.0584. The van der Waals surface area contributed by atoms with E-state index in [2.05, 4.69) is 6.07 Å². The molecule has 0 saturated carbocycles. The van der Waals surface area contributed by atoms with E-state index in [1.165, 1.54) is 11.1 Å². The Morgan fingerprint density at radius 2 is 2.16 bits per heavy atom. The number of rotatable bonds is 2. The van der Waals surface area contributed by atoms with Crippen LogP contribution in [0.25, 0.3) is 0 Å². The summed E-state index contributed by atoms with van der Waals surface area (Å²) in [6, 6.07) is 6.17. The predicted octanol–water partition coefficient (Wildman–Crippen LogP) is 3.77. The van der Waals surface area contributed by atoms with Gasteiger partial charge in [-0.3, -0.25) is 4.90 Å². The number of benzene rings is 1. The second-order valence-corrected chi connectivity index (χ2v) is 6.16. The number of halogens is 1. The van der Waals surface area contributed by atoms with Crippen LogP contribution in [0.4, 0.5) is 10.5 Å². The molecule has 0 aromatic heterocycles. The molecule has 0 saturated heterocycles. The van der Waals surface area contributed by atoms with Gasteiger partial charge < -0.3 is 4.74 Å². The Hall–Kier alpha value is -1.22. The van der Waals surface area contributed by atoms with Crippen molar-refractivity contribution in [1.82, 2.24) is 0 Å². The first-order valence-corrected chi connectivity index (χ1v) is 7.12. The van der Waals surface area contributed by atoms with Crippen molar-refractivity contribution in [1.29, 1.82) is 0 Å². The molecule has 0 aliphatic carbocycles. The highest BCUT2D eigenvalue weighted by Gasteiger charge is 2.28. The zero-order valence-corrected chi connectivity index (χ0v) is 12.5. The molecule has 1 heterocycles. The Balaban J connectivity index is 2.16. The highest BCUT2D eigenvalue weighted by Crippen LogP contribution is 2.30. The van der Waals surface area contributed by atoms with Gasteiger partial charge in [0.2, 0.25) is 0 Å². The number of alkyl halides is 1. The van der Waals surface area contributed by atoms with Crippen LogP contribution in [0, 0.1) is 0 Å². The van der Waals surface area contributed by atoms with Crippen molar-refractivity contribution in [3.63, 3.8) is 0 Å². The van der Waals surface area contributed by atoms with Crippen molar-refractivity contribution in [2.45, 2.75) is 39.2 Å². The fourth-order valence-corrected chi connectivity index (χ4v) is 2.44. The lowest BCUT2D eigenvalue weighted by Gasteiger charge is -2.24. The van der Waals surface area contributed by atoms with E-state index in [0.29, 0.717) is 12.4 Å². The van der Waals surface area contributed by atoms with Crippen molar-refractivity contribution in [3.05, 3.63) is 29.3 Å². The van der Waals surface area contributed by atoms with Crippen LogP contribution in [-0.4, -0.2) is 24.1 Å². The Bertz CT molecular complexity index is 480. The highest BCUT2D eigenvalue weighted by molar-refractivity contribution is 6.18. The summed E-state index contributed by atoms with van der Waals surface area (Å²) in [5.74, 6) is 0.620. The van der Waals surface area contributed by atoms with Crippen LogP contribution >= 0.6 is 11.6 Å². The molecule has 1 amide bonds. The molecule has 0 bridgehead atoms. The fourth-order valence-electron chi connectivity index (χ4n) is 2.23. The molecule has 0 spiro atoms. The molecule has 104 valence electrons. The lowest BCUT2D eigenvalue weighted by atomic mass is 10.1. The first-order chi connectivity index (χ1) is 8.90. The second-order valence-electron chi connectivity index (χ2n) is 5.78. The van der Waals surface area contributed by atoms with Crippen molar-refractivity contribution in [3.8, 4) is 0 Å². The second kappa shape index (κ2) is 5.41. The molecular formula is C15H20ClNO2. The number of anilines is 1. The van der Waals surface area contributed by atoms with Gasteiger partial charge in [0, 0.05) is 12.4 Å². The molecule has 0 N–H and O–H groups in total. The van der Waals surface area contributed by atoms with Gasteiger partial charge in [-0.05, 0) is 50.8 Å². The van der Waals surface area contributed by atoms with Gasteiger partial charge in [0.05, 0.1) is 5.69 Å². The number of hydrogen-bond acceptors (Lipinski definition) is 2. The normalized spacial score (nSPS) is 14.4. The van der Waals surface area contributed by atoms with Gasteiger partial charge in [0.25, 0.3) is 0 Å². The third kappa shape index (κ3) is 3.41. The average molecular weight is 282 g/mol. The predicted molar refractivity (Wildman–Crippen MR) is 78.2 cm³/mol. The summed E-state index contributed by atoms with van der Waals surface area (Å²) in [6.07, 6.45) is 1.47. The maximum Gasteiger partial charge on any atom is 0.414 e. The quantitative estimate of drug-likeness (QED) is 0.773. The van der Waals surface area contributed by atoms with Gasteiger partial charge >= 0.3 is 6.09 Å². The molecule has 0 unspecified atom stereocenters. The smallest absolute Gasteiger partial charge is 0.414 e. The van der Waals surface area contributed by atoms with E-state index in [1.807, 2.05) is 32.9 Å². The third-order valence-electron chi connectivity index (χ3n) is 3.04. The van der Waals surface area contributed by atoms with E-state index in [-0.39, 0.29) is 6.09 Å². The largest absolute Gasteiger partial charge is 0.443 e. The molecule has 19 heavy (non-hydrogen) atoms. The minimum atomic E-state index is -0.460. The van der Waals surface area contributed by atoms with Crippen molar-refractivity contribution in [2.75, 3.05) is 17.3 Å². The van der Waals surface area contributed by atoms with Crippen LogP contribution in [0.3, 0.4) is 0 Å². The zero-order valence-electron chi connectivity index (χ0n) is 11.7. The van der Waals surface area contributed by atoms with E-state index in [0.717, 1.165) is 18.5 Å². The van der Waals surface area contributed by atoms with Crippen molar-refractivity contribution >= 4 is 23.4 Å². The molecule has 0 atom stereocenters. The van der Waals surface area contributed by atoms with Gasteiger partial charge in [-0.25, -0.2) is 4.79 Å². The summed E-state index contributed by atoms with van der Waals surface area (Å²) in [5.41, 5.74) is 2.93. The highest BCUT2D eigenvalue weighted by atomic mass is 35.5. The van der Waals surface area contributed by atoms with Crippen LogP contribution in [0.1, 0.15) is 31.9 Å². The fraction of sp³-hybridized carbons (Fsp3) is 0.533. The first-order valence-electron chi connectivity index (χ1n) is 6.59. The number of ether oxygens (including phenoxy) is 1. The number of nitrogens with zero attached hydrogens (tertiary/aromatic N) is 1. The maximum atomic E-state index is 12.1. The molecule has 0 radical (unpaired) electrons. The SMILES string of the molecule is CC(C)(C)OC(=O)N1CCc2cc(CCCl)ccc21. The van der Waals surface area contributed by atoms with E-state index in [4.69, 9.17) is 16.3 Å². The standard InChI is InChI=1S/C15H20ClNO2/c1-15(2,3)19-14(18)17-9-7-12-10-11(6-8-16)4-5-13(12)17/h4-5,10H,6-9H2,1-3H3. The third-order valence-corrected chi connectivity index (χ3v) is 3.23. The number of amides is 1. The van der Waals surface area contributed by atoms with Crippen LogP contribution < -0.4 is 4.90 Å². The van der Waals surface area contributed by atoms with E-state index >= 15 is 0 Å². The van der Waals surface area contributed by atoms with Crippen LogP contribution in [0.15, 0.2) is 18.2 Å². The number of carbonyl (C=O) groups is 1. The first kappa shape index (κ1) is 14.2. The molecule has 1 aliphatic rings.